The van der Waals surface area contributed by atoms with Crippen LogP contribution in [0.3, 0.4) is 0 Å². The summed E-state index contributed by atoms with van der Waals surface area (Å²) in [5, 5.41) is 6.59. The maximum Gasteiger partial charge on any atom is 0.246 e. The van der Waals surface area contributed by atoms with Gasteiger partial charge in [-0.2, -0.15) is 5.10 Å². The van der Waals surface area contributed by atoms with Gasteiger partial charge in [0.2, 0.25) is 15.9 Å². The molecule has 0 aliphatic carbocycles. The molecule has 132 valence electrons. The highest BCUT2D eigenvalue weighted by Crippen LogP contribution is 2.31. The minimum absolute atomic E-state index is 0.368. The van der Waals surface area contributed by atoms with Crippen molar-refractivity contribution in [3.63, 3.8) is 0 Å². The van der Waals surface area contributed by atoms with E-state index in [0.717, 1.165) is 11.3 Å². The second-order valence-electron chi connectivity index (χ2n) is 5.05. The van der Waals surface area contributed by atoms with Crippen molar-refractivity contribution in [1.82, 2.24) is 5.32 Å². The number of carbonyl (C=O) groups is 1. The van der Waals surface area contributed by atoms with Gasteiger partial charge >= 0.3 is 0 Å². The van der Waals surface area contributed by atoms with E-state index in [1.165, 1.54) is 6.92 Å². The predicted molar refractivity (Wildman–Crippen MR) is 103 cm³/mol. The molecule has 25 heavy (non-hydrogen) atoms. The molecule has 0 aliphatic rings. The average molecular weight is 401 g/mol. The van der Waals surface area contributed by atoms with Gasteiger partial charge in [-0.05, 0) is 42.0 Å². The minimum atomic E-state index is -1.80. The van der Waals surface area contributed by atoms with Crippen LogP contribution in [-0.4, -0.2) is 22.1 Å². The number of halogens is 3. The van der Waals surface area contributed by atoms with E-state index < -0.39 is 10.0 Å². The fraction of sp³-hybridized carbons (Fsp3) is 0.176. The SMILES string of the molecule is CC(=O)N[C@H](Oc1ccc(/C=N\Nc2ccccc2)cc1)C(Cl)(Cl)Cl. The number of anilines is 1. The summed E-state index contributed by atoms with van der Waals surface area (Å²) in [6, 6.07) is 16.5. The van der Waals surface area contributed by atoms with Gasteiger partial charge in [-0.1, -0.05) is 53.0 Å². The summed E-state index contributed by atoms with van der Waals surface area (Å²) in [6.45, 7) is 1.31. The molecule has 0 aliphatic heterocycles. The van der Waals surface area contributed by atoms with E-state index in [-0.39, 0.29) is 5.91 Å². The van der Waals surface area contributed by atoms with Gasteiger partial charge in [0.1, 0.15) is 5.75 Å². The molecule has 0 bridgehead atoms. The Hall–Kier alpha value is -1.95. The molecule has 0 fully saturated rings. The average Bonchev–Trinajstić information content (AvgIpc) is 2.55. The summed E-state index contributed by atoms with van der Waals surface area (Å²) in [5.74, 6) is 0.0744. The zero-order valence-corrected chi connectivity index (χ0v) is 15.5. The number of hydrazone groups is 1. The van der Waals surface area contributed by atoms with Crippen molar-refractivity contribution in [1.29, 1.82) is 0 Å². The Kier molecular flexibility index (Phi) is 6.93. The van der Waals surface area contributed by atoms with Crippen LogP contribution in [0.5, 0.6) is 5.75 Å². The first kappa shape index (κ1) is 19.4. The molecule has 2 N–H and O–H groups in total. The van der Waals surface area contributed by atoms with Crippen LogP contribution < -0.4 is 15.5 Å². The first-order valence-corrected chi connectivity index (χ1v) is 8.42. The lowest BCUT2D eigenvalue weighted by Crippen LogP contribution is -2.47. The van der Waals surface area contributed by atoms with E-state index >= 15 is 0 Å². The smallest absolute Gasteiger partial charge is 0.246 e. The largest absolute Gasteiger partial charge is 0.466 e. The highest BCUT2D eigenvalue weighted by molar-refractivity contribution is 6.68. The van der Waals surface area contributed by atoms with Gasteiger partial charge in [0.15, 0.2) is 0 Å². The molecule has 0 heterocycles. The Morgan fingerprint density at radius 3 is 2.32 bits per heavy atom. The fourth-order valence-electron chi connectivity index (χ4n) is 1.83. The maximum absolute atomic E-state index is 11.2. The quantitative estimate of drug-likeness (QED) is 0.328. The Balaban J connectivity index is 1.97. The van der Waals surface area contributed by atoms with E-state index in [1.54, 1.807) is 30.5 Å². The lowest BCUT2D eigenvalue weighted by molar-refractivity contribution is -0.121. The molecule has 0 radical (unpaired) electrons. The third kappa shape index (κ3) is 6.82. The summed E-state index contributed by atoms with van der Waals surface area (Å²) in [7, 11) is 0. The molecule has 1 amide bonds. The second-order valence-corrected chi connectivity index (χ2v) is 7.41. The van der Waals surface area contributed by atoms with Crippen molar-refractivity contribution in [2.75, 3.05) is 5.43 Å². The third-order valence-corrected chi connectivity index (χ3v) is 3.54. The molecular formula is C17H16Cl3N3O2. The number of hydrogen-bond acceptors (Lipinski definition) is 4. The first-order chi connectivity index (χ1) is 11.8. The van der Waals surface area contributed by atoms with E-state index in [4.69, 9.17) is 39.5 Å². The third-order valence-electron chi connectivity index (χ3n) is 2.95. The fourth-order valence-corrected chi connectivity index (χ4v) is 2.12. The second kappa shape index (κ2) is 8.94. The maximum atomic E-state index is 11.2. The van der Waals surface area contributed by atoms with Crippen molar-refractivity contribution in [3.05, 3.63) is 60.2 Å². The zero-order valence-electron chi connectivity index (χ0n) is 13.2. The van der Waals surface area contributed by atoms with E-state index in [2.05, 4.69) is 15.8 Å². The topological polar surface area (TPSA) is 62.7 Å². The molecule has 0 aromatic heterocycles. The number of benzene rings is 2. The molecule has 2 aromatic rings. The normalized spacial score (nSPS) is 12.6. The number of para-hydroxylation sites is 1. The molecule has 1 atom stereocenters. The van der Waals surface area contributed by atoms with Gasteiger partial charge in [-0.3, -0.25) is 10.2 Å². The molecule has 0 unspecified atom stereocenters. The number of hydrogen-bond donors (Lipinski definition) is 2. The number of carbonyl (C=O) groups excluding carboxylic acids is 1. The van der Waals surface area contributed by atoms with Crippen LogP contribution in [-0.2, 0) is 4.79 Å². The number of rotatable bonds is 6. The Morgan fingerprint density at radius 2 is 1.76 bits per heavy atom. The van der Waals surface area contributed by atoms with Crippen LogP contribution in [0.1, 0.15) is 12.5 Å². The van der Waals surface area contributed by atoms with E-state index in [9.17, 15) is 4.79 Å². The number of alkyl halides is 3. The first-order valence-electron chi connectivity index (χ1n) is 7.29. The van der Waals surface area contributed by atoms with Gasteiger partial charge in [-0.25, -0.2) is 0 Å². The van der Waals surface area contributed by atoms with Crippen molar-refractivity contribution in [2.24, 2.45) is 5.10 Å². The van der Waals surface area contributed by atoms with Crippen LogP contribution in [0, 0.1) is 0 Å². The minimum Gasteiger partial charge on any atom is -0.466 e. The highest BCUT2D eigenvalue weighted by atomic mass is 35.6. The van der Waals surface area contributed by atoms with Crippen molar-refractivity contribution in [2.45, 2.75) is 16.9 Å². The van der Waals surface area contributed by atoms with Gasteiger partial charge in [0.05, 0.1) is 11.9 Å². The monoisotopic (exact) mass is 399 g/mol. The molecular weight excluding hydrogens is 385 g/mol. The zero-order chi connectivity index (χ0) is 18.3. The standard InChI is InChI=1S/C17H16Cl3N3O2/c1-12(24)22-16(17(18,19)20)25-15-9-7-13(8-10-15)11-21-23-14-5-3-2-4-6-14/h2-11,16,23H,1H3,(H,22,24)/b21-11-/t16-/m1/s1. The number of amides is 1. The molecule has 2 aromatic carbocycles. The van der Waals surface area contributed by atoms with Crippen LogP contribution >= 0.6 is 34.8 Å². The lowest BCUT2D eigenvalue weighted by Gasteiger charge is -2.25. The molecule has 0 saturated carbocycles. The number of ether oxygens (including phenoxy) is 1. The van der Waals surface area contributed by atoms with Crippen LogP contribution in [0.15, 0.2) is 59.7 Å². The van der Waals surface area contributed by atoms with Crippen LogP contribution in [0.2, 0.25) is 0 Å². The van der Waals surface area contributed by atoms with Gasteiger partial charge in [0, 0.05) is 6.92 Å². The van der Waals surface area contributed by atoms with E-state index in [1.807, 2.05) is 30.3 Å². The summed E-state index contributed by atoms with van der Waals surface area (Å²) in [5.41, 5.74) is 4.66. The van der Waals surface area contributed by atoms with E-state index in [0.29, 0.717) is 5.75 Å². The molecule has 2 rings (SSSR count). The summed E-state index contributed by atoms with van der Waals surface area (Å²) in [4.78, 5) is 11.2. The summed E-state index contributed by atoms with van der Waals surface area (Å²) in [6.07, 6.45) is 0.561. The summed E-state index contributed by atoms with van der Waals surface area (Å²) < 4.78 is 3.73. The van der Waals surface area contributed by atoms with Gasteiger partial charge < -0.3 is 10.1 Å². The Morgan fingerprint density at radius 1 is 1.12 bits per heavy atom. The van der Waals surface area contributed by atoms with Crippen molar-refractivity contribution in [3.8, 4) is 5.75 Å². The molecule has 0 saturated heterocycles. The van der Waals surface area contributed by atoms with Gasteiger partial charge in [-0.15, -0.1) is 0 Å². The Bertz CT molecular complexity index is 716. The lowest BCUT2D eigenvalue weighted by atomic mass is 10.2. The molecule has 0 spiro atoms. The summed E-state index contributed by atoms with van der Waals surface area (Å²) >= 11 is 17.4. The Labute approximate surface area is 160 Å². The van der Waals surface area contributed by atoms with Crippen molar-refractivity contribution >= 4 is 52.6 Å². The van der Waals surface area contributed by atoms with Crippen molar-refractivity contribution < 1.29 is 9.53 Å². The molecule has 5 nitrogen and oxygen atoms in total. The van der Waals surface area contributed by atoms with Gasteiger partial charge in [0.25, 0.3) is 0 Å². The number of nitrogens with zero attached hydrogens (tertiary/aromatic N) is 1. The van der Waals surface area contributed by atoms with Crippen LogP contribution in [0.4, 0.5) is 5.69 Å². The number of nitrogens with one attached hydrogen (secondary N) is 2. The highest BCUT2D eigenvalue weighted by Gasteiger charge is 2.35. The van der Waals surface area contributed by atoms with Crippen LogP contribution in [0.25, 0.3) is 0 Å². The molecule has 8 heteroatoms. The predicted octanol–water partition coefficient (Wildman–Crippen LogP) is 4.34.